The summed E-state index contributed by atoms with van der Waals surface area (Å²) >= 11 is 1.26. The highest BCUT2D eigenvalue weighted by Gasteiger charge is 2.37. The van der Waals surface area contributed by atoms with Crippen LogP contribution in [0.15, 0.2) is 60.8 Å². The average Bonchev–Trinajstić information content (AvgIpc) is 3.64. The second kappa shape index (κ2) is 29.1. The number of ether oxygens (including phenoxy) is 6. The number of aromatic nitrogens is 1. The van der Waals surface area contributed by atoms with Crippen molar-refractivity contribution in [1.82, 2.24) is 9.47 Å². The lowest BCUT2D eigenvalue weighted by Crippen LogP contribution is -2.44. The van der Waals surface area contributed by atoms with E-state index in [9.17, 15) is 23.6 Å². The van der Waals surface area contributed by atoms with Crippen molar-refractivity contribution in [2.45, 2.75) is 118 Å². The largest absolute Gasteiger partial charge is 0.460 e. The van der Waals surface area contributed by atoms with Gasteiger partial charge in [-0.05, 0) is 96.2 Å². The predicted molar refractivity (Wildman–Crippen MR) is 262 cm³/mol. The van der Waals surface area contributed by atoms with Crippen LogP contribution in [0.5, 0.6) is 0 Å². The van der Waals surface area contributed by atoms with Gasteiger partial charge in [0.15, 0.2) is 0 Å². The van der Waals surface area contributed by atoms with Crippen molar-refractivity contribution in [1.29, 1.82) is 0 Å². The van der Waals surface area contributed by atoms with Gasteiger partial charge >= 0.3 is 11.9 Å². The molecule has 0 saturated heterocycles. The molecule has 0 fully saturated rings. The Kier molecular flexibility index (Phi) is 24.9. The number of carbonyl (C=O) groups is 4. The SMILES string of the molecule is CC(C)(C)OC(=O)CCCOCCOCCOCCOCCC(=O)C[C@@H](CSCC(=O)N(CCCN)[C@@H](c1cc(-c2cc(F)ccc2F)cn1Cc1ccccc1)C(C)(C)C)C(=O)OC(C)(C)C. The molecular formula is C52H77F2N3O10S. The minimum absolute atomic E-state index is 0.00866. The lowest BCUT2D eigenvalue weighted by molar-refractivity contribution is -0.160. The third kappa shape index (κ3) is 22.5. The highest BCUT2D eigenvalue weighted by atomic mass is 32.2. The molecule has 68 heavy (non-hydrogen) atoms. The Labute approximate surface area is 407 Å². The first-order valence-electron chi connectivity index (χ1n) is 23.6. The van der Waals surface area contributed by atoms with Crippen molar-refractivity contribution in [2.75, 3.05) is 77.5 Å². The van der Waals surface area contributed by atoms with Crippen LogP contribution in [0.1, 0.15) is 112 Å². The molecule has 2 aromatic carbocycles. The molecule has 16 heteroatoms. The molecule has 380 valence electrons. The normalized spacial score (nSPS) is 13.0. The molecule has 0 aliphatic carbocycles. The average molecular weight is 974 g/mol. The summed E-state index contributed by atoms with van der Waals surface area (Å²) in [7, 11) is 0. The van der Waals surface area contributed by atoms with Gasteiger partial charge in [0, 0.05) is 67.7 Å². The van der Waals surface area contributed by atoms with Crippen LogP contribution >= 0.6 is 11.8 Å². The zero-order valence-corrected chi connectivity index (χ0v) is 42.7. The molecule has 1 amide bonds. The number of esters is 2. The van der Waals surface area contributed by atoms with E-state index in [-0.39, 0.29) is 60.8 Å². The van der Waals surface area contributed by atoms with E-state index >= 15 is 4.39 Å². The summed E-state index contributed by atoms with van der Waals surface area (Å²) < 4.78 is 64.9. The Hall–Kier alpha value is -4.19. The standard InChI is InChI=1S/C52H77F2N3O10S/c1-50(2,3)48(45-32-39(43-33-41(53)18-19-44(43)54)35-56(45)34-38-15-11-10-12-16-38)57(22-14-21-55)46(59)37-68-36-40(49(61)67-52(7,8)9)31-42(58)20-24-63-26-28-65-30-29-64-27-25-62-23-13-17-47(60)66-51(4,5)6/h10-12,15-16,18-19,32-33,35,40,48H,13-14,17,20-31,34,36-37,55H2,1-9H3/t40-,48-/m0/s1. The fourth-order valence-corrected chi connectivity index (χ4v) is 8.27. The predicted octanol–water partition coefficient (Wildman–Crippen LogP) is 8.97. The summed E-state index contributed by atoms with van der Waals surface area (Å²) in [6.07, 6.45) is 3.22. The number of thioether (sulfide) groups is 1. The van der Waals surface area contributed by atoms with Crippen LogP contribution in [0.25, 0.3) is 11.1 Å². The van der Waals surface area contributed by atoms with Crippen molar-refractivity contribution >= 4 is 35.4 Å². The van der Waals surface area contributed by atoms with Gasteiger partial charge in [0.2, 0.25) is 5.91 Å². The first kappa shape index (κ1) is 58.1. The third-order valence-electron chi connectivity index (χ3n) is 10.2. The van der Waals surface area contributed by atoms with E-state index in [0.29, 0.717) is 84.1 Å². The fourth-order valence-electron chi connectivity index (χ4n) is 7.27. The minimum atomic E-state index is -0.798. The number of nitrogens with two attached hydrogens (primary N) is 1. The van der Waals surface area contributed by atoms with Crippen LogP contribution in [-0.2, 0) is 54.1 Å². The number of Topliss-reactive ketones (excluding diaryl/α,β-unsaturated/α-hetero) is 1. The zero-order chi connectivity index (χ0) is 50.3. The van der Waals surface area contributed by atoms with Crippen LogP contribution in [0.4, 0.5) is 8.78 Å². The molecule has 0 radical (unpaired) electrons. The molecule has 1 aromatic heterocycles. The van der Waals surface area contributed by atoms with Crippen LogP contribution in [0.3, 0.4) is 0 Å². The summed E-state index contributed by atoms with van der Waals surface area (Å²) in [6, 6.07) is 14.5. The highest BCUT2D eigenvalue weighted by molar-refractivity contribution is 7.99. The van der Waals surface area contributed by atoms with Crippen molar-refractivity contribution in [2.24, 2.45) is 17.1 Å². The first-order valence-corrected chi connectivity index (χ1v) is 24.8. The molecule has 3 rings (SSSR count). The van der Waals surface area contributed by atoms with E-state index in [0.717, 1.165) is 23.4 Å². The summed E-state index contributed by atoms with van der Waals surface area (Å²) in [5.74, 6) is -2.87. The second-order valence-electron chi connectivity index (χ2n) is 19.8. The molecule has 3 aromatic rings. The summed E-state index contributed by atoms with van der Waals surface area (Å²) in [5.41, 5.74) is 6.54. The number of benzene rings is 2. The number of nitrogens with zero attached hydrogens (tertiary/aromatic N) is 2. The summed E-state index contributed by atoms with van der Waals surface area (Å²) in [5, 5.41) is 0. The molecule has 0 spiro atoms. The van der Waals surface area contributed by atoms with Crippen LogP contribution in [-0.4, -0.2) is 122 Å². The molecular weight excluding hydrogens is 897 g/mol. The van der Waals surface area contributed by atoms with Crippen molar-refractivity contribution in [3.05, 3.63) is 83.7 Å². The van der Waals surface area contributed by atoms with Gasteiger partial charge in [-0.15, -0.1) is 0 Å². The molecule has 0 unspecified atom stereocenters. The number of carbonyl (C=O) groups excluding carboxylic acids is 4. The Morgan fingerprint density at radius 3 is 1.93 bits per heavy atom. The number of halogens is 2. The maximum absolute atomic E-state index is 15.2. The number of hydrogen-bond acceptors (Lipinski definition) is 12. The highest BCUT2D eigenvalue weighted by Crippen LogP contribution is 2.41. The Balaban J connectivity index is 1.57. The first-order chi connectivity index (χ1) is 32.1. The van der Waals surface area contributed by atoms with Crippen LogP contribution in [0.2, 0.25) is 0 Å². The van der Waals surface area contributed by atoms with E-state index in [1.807, 2.05) is 82.5 Å². The van der Waals surface area contributed by atoms with E-state index in [4.69, 9.17) is 34.2 Å². The number of rotatable bonds is 31. The number of amides is 1. The van der Waals surface area contributed by atoms with E-state index in [2.05, 4.69) is 0 Å². The lowest BCUT2D eigenvalue weighted by Gasteiger charge is -2.41. The van der Waals surface area contributed by atoms with Crippen molar-refractivity contribution in [3.8, 4) is 11.1 Å². The molecule has 2 atom stereocenters. The van der Waals surface area contributed by atoms with E-state index in [1.54, 1.807) is 31.9 Å². The monoisotopic (exact) mass is 974 g/mol. The summed E-state index contributed by atoms with van der Waals surface area (Å²) in [4.78, 5) is 54.7. The minimum Gasteiger partial charge on any atom is -0.460 e. The van der Waals surface area contributed by atoms with E-state index < -0.39 is 46.2 Å². The zero-order valence-electron chi connectivity index (χ0n) is 41.9. The maximum Gasteiger partial charge on any atom is 0.310 e. The topological polar surface area (TPSA) is 158 Å². The van der Waals surface area contributed by atoms with Gasteiger partial charge in [0.25, 0.3) is 0 Å². The smallest absolute Gasteiger partial charge is 0.310 e. The quantitative estimate of drug-likeness (QED) is 0.0483. The summed E-state index contributed by atoms with van der Waals surface area (Å²) in [6.45, 7) is 20.7. The molecule has 2 N–H and O–H groups in total. The van der Waals surface area contributed by atoms with Crippen molar-refractivity contribution < 1.29 is 56.4 Å². The van der Waals surface area contributed by atoms with Crippen molar-refractivity contribution in [3.63, 3.8) is 0 Å². The number of hydrogen-bond donors (Lipinski definition) is 1. The van der Waals surface area contributed by atoms with Gasteiger partial charge in [-0.3, -0.25) is 19.2 Å². The lowest BCUT2D eigenvalue weighted by atomic mass is 9.83. The molecule has 0 aliphatic heterocycles. The van der Waals surface area contributed by atoms with E-state index in [1.165, 1.54) is 17.8 Å². The Bertz CT molecular complexity index is 1990. The Morgan fingerprint density at radius 1 is 0.735 bits per heavy atom. The third-order valence-corrected chi connectivity index (χ3v) is 11.3. The van der Waals surface area contributed by atoms with Crippen LogP contribution in [0, 0.1) is 23.0 Å². The molecule has 0 bridgehead atoms. The number of ketones is 1. The van der Waals surface area contributed by atoms with Gasteiger partial charge in [-0.2, -0.15) is 11.8 Å². The Morgan fingerprint density at radius 2 is 1.34 bits per heavy atom. The van der Waals surface area contributed by atoms with Crippen LogP contribution < -0.4 is 5.73 Å². The van der Waals surface area contributed by atoms with Gasteiger partial charge in [0.05, 0.1) is 64.0 Å². The molecule has 1 heterocycles. The molecule has 0 aliphatic rings. The van der Waals surface area contributed by atoms with Gasteiger partial charge < -0.3 is 43.6 Å². The molecule has 13 nitrogen and oxygen atoms in total. The van der Waals surface area contributed by atoms with Gasteiger partial charge in [-0.1, -0.05) is 51.1 Å². The second-order valence-corrected chi connectivity index (χ2v) is 20.8. The maximum atomic E-state index is 15.2. The molecule has 0 saturated carbocycles. The van der Waals surface area contributed by atoms with Gasteiger partial charge in [0.1, 0.15) is 28.6 Å². The fraction of sp³-hybridized carbons (Fsp3) is 0.615. The van der Waals surface area contributed by atoms with Gasteiger partial charge in [-0.25, -0.2) is 8.78 Å².